The van der Waals surface area contributed by atoms with Crippen LogP contribution in [0, 0.1) is 13.8 Å². The fourth-order valence-electron chi connectivity index (χ4n) is 2.67. The molecule has 1 aliphatic rings. The van der Waals surface area contributed by atoms with Gasteiger partial charge in [-0.25, -0.2) is 4.98 Å². The van der Waals surface area contributed by atoms with Crippen LogP contribution in [0.5, 0.6) is 0 Å². The Bertz CT molecular complexity index is 660. The first-order valence-corrected chi connectivity index (χ1v) is 8.47. The number of nitrogens with zero attached hydrogens (tertiary/aromatic N) is 2. The van der Waals surface area contributed by atoms with E-state index < -0.39 is 0 Å². The lowest BCUT2D eigenvalue weighted by molar-refractivity contribution is 0.775. The first-order chi connectivity index (χ1) is 10.1. The molecular formula is C16H19N3S2. The number of hydrogen-bond donors (Lipinski definition) is 1. The summed E-state index contributed by atoms with van der Waals surface area (Å²) in [4.78, 5) is 7.57. The van der Waals surface area contributed by atoms with Crippen molar-refractivity contribution in [3.05, 3.63) is 45.3 Å². The van der Waals surface area contributed by atoms with Crippen molar-refractivity contribution in [2.45, 2.75) is 39.3 Å². The second kappa shape index (κ2) is 5.73. The van der Waals surface area contributed by atoms with Gasteiger partial charge < -0.3 is 10.6 Å². The molecule has 0 aliphatic heterocycles. The van der Waals surface area contributed by atoms with Crippen molar-refractivity contribution < 1.29 is 0 Å². The number of aromatic nitrogens is 1. The largest absolute Gasteiger partial charge is 0.389 e. The maximum absolute atomic E-state index is 5.96. The first kappa shape index (κ1) is 14.5. The summed E-state index contributed by atoms with van der Waals surface area (Å²) in [6.07, 6.45) is 2.44. The van der Waals surface area contributed by atoms with Crippen molar-refractivity contribution in [2.75, 3.05) is 4.90 Å². The minimum Gasteiger partial charge on any atom is -0.389 e. The molecule has 0 saturated heterocycles. The quantitative estimate of drug-likeness (QED) is 0.856. The minimum atomic E-state index is 0.436. The van der Waals surface area contributed by atoms with E-state index >= 15 is 0 Å². The average Bonchev–Trinajstić information content (AvgIpc) is 3.11. The van der Waals surface area contributed by atoms with Gasteiger partial charge in [-0.15, -0.1) is 0 Å². The molecule has 2 aromatic rings. The number of pyridine rings is 1. The zero-order valence-corrected chi connectivity index (χ0v) is 13.9. The van der Waals surface area contributed by atoms with Crippen LogP contribution in [-0.2, 0) is 6.54 Å². The van der Waals surface area contributed by atoms with E-state index in [0.717, 1.165) is 29.2 Å². The first-order valence-electron chi connectivity index (χ1n) is 7.12. The third-order valence-corrected chi connectivity index (χ3v) is 4.70. The Morgan fingerprint density at radius 1 is 1.48 bits per heavy atom. The monoisotopic (exact) mass is 317 g/mol. The summed E-state index contributed by atoms with van der Waals surface area (Å²) in [5.74, 6) is 0.953. The van der Waals surface area contributed by atoms with Gasteiger partial charge in [-0.3, -0.25) is 0 Å². The van der Waals surface area contributed by atoms with E-state index in [-0.39, 0.29) is 0 Å². The molecule has 2 heterocycles. The summed E-state index contributed by atoms with van der Waals surface area (Å²) >= 11 is 7.00. The fraction of sp³-hybridized carbons (Fsp3) is 0.375. The Labute approximate surface area is 134 Å². The molecule has 0 atom stereocenters. The van der Waals surface area contributed by atoms with E-state index in [2.05, 4.69) is 28.7 Å². The number of rotatable bonds is 5. The lowest BCUT2D eigenvalue weighted by Crippen LogP contribution is -2.29. The molecule has 21 heavy (non-hydrogen) atoms. The Hall–Kier alpha value is -1.46. The molecule has 3 nitrogen and oxygen atoms in total. The third kappa shape index (κ3) is 3.09. The number of thiophene rings is 1. The van der Waals surface area contributed by atoms with E-state index in [1.54, 1.807) is 11.3 Å². The number of nitrogens with two attached hydrogens (primary N) is 1. The molecule has 0 radical (unpaired) electrons. The molecule has 1 fully saturated rings. The molecular weight excluding hydrogens is 298 g/mol. The highest BCUT2D eigenvalue weighted by Gasteiger charge is 2.32. The molecule has 0 spiro atoms. The smallest absolute Gasteiger partial charge is 0.139 e. The van der Waals surface area contributed by atoms with Crippen LogP contribution in [0.3, 0.4) is 0 Å². The van der Waals surface area contributed by atoms with Crippen LogP contribution in [0.15, 0.2) is 22.9 Å². The molecule has 2 aromatic heterocycles. The molecule has 0 amide bonds. The van der Waals surface area contributed by atoms with E-state index in [9.17, 15) is 0 Å². The number of hydrogen-bond acceptors (Lipinski definition) is 4. The van der Waals surface area contributed by atoms with E-state index in [1.165, 1.54) is 18.4 Å². The van der Waals surface area contributed by atoms with Gasteiger partial charge >= 0.3 is 0 Å². The van der Waals surface area contributed by atoms with Gasteiger partial charge in [0.1, 0.15) is 10.8 Å². The molecule has 1 aliphatic carbocycles. The third-order valence-electron chi connectivity index (χ3n) is 3.76. The van der Waals surface area contributed by atoms with Crippen LogP contribution in [0.25, 0.3) is 0 Å². The topological polar surface area (TPSA) is 42.1 Å². The maximum atomic E-state index is 5.96. The van der Waals surface area contributed by atoms with Crippen LogP contribution in [-0.4, -0.2) is 16.0 Å². The molecule has 110 valence electrons. The highest BCUT2D eigenvalue weighted by atomic mass is 32.1. The van der Waals surface area contributed by atoms with Crippen molar-refractivity contribution in [1.82, 2.24) is 4.98 Å². The normalized spacial score (nSPS) is 14.2. The second-order valence-corrected chi connectivity index (χ2v) is 6.85. The van der Waals surface area contributed by atoms with Crippen molar-refractivity contribution in [3.8, 4) is 0 Å². The second-order valence-electron chi connectivity index (χ2n) is 5.63. The van der Waals surface area contributed by atoms with Gasteiger partial charge in [-0.1, -0.05) is 12.2 Å². The predicted molar refractivity (Wildman–Crippen MR) is 93.1 cm³/mol. The fourth-order valence-corrected chi connectivity index (χ4v) is 3.58. The Morgan fingerprint density at radius 2 is 2.24 bits per heavy atom. The van der Waals surface area contributed by atoms with Gasteiger partial charge in [0.15, 0.2) is 0 Å². The van der Waals surface area contributed by atoms with Gasteiger partial charge in [-0.05, 0) is 60.7 Å². The summed E-state index contributed by atoms with van der Waals surface area (Å²) in [5.41, 5.74) is 10.3. The van der Waals surface area contributed by atoms with Crippen LogP contribution >= 0.6 is 23.6 Å². The van der Waals surface area contributed by atoms with Crippen LogP contribution in [0.2, 0.25) is 0 Å². The van der Waals surface area contributed by atoms with Crippen molar-refractivity contribution in [1.29, 1.82) is 0 Å². The van der Waals surface area contributed by atoms with Gasteiger partial charge in [0.2, 0.25) is 0 Å². The summed E-state index contributed by atoms with van der Waals surface area (Å²) < 4.78 is 0. The summed E-state index contributed by atoms with van der Waals surface area (Å²) in [6.45, 7) is 4.96. The molecule has 0 aromatic carbocycles. The van der Waals surface area contributed by atoms with Crippen molar-refractivity contribution >= 4 is 34.4 Å². The molecule has 0 bridgehead atoms. The van der Waals surface area contributed by atoms with E-state index in [4.69, 9.17) is 22.9 Å². The molecule has 0 unspecified atom stereocenters. The van der Waals surface area contributed by atoms with E-state index in [1.807, 2.05) is 13.0 Å². The summed E-state index contributed by atoms with van der Waals surface area (Å²) in [5, 5.41) is 4.31. The van der Waals surface area contributed by atoms with Gasteiger partial charge in [0, 0.05) is 18.3 Å². The zero-order valence-electron chi connectivity index (χ0n) is 12.3. The zero-order chi connectivity index (χ0) is 15.0. The highest BCUT2D eigenvalue weighted by Crippen LogP contribution is 2.35. The summed E-state index contributed by atoms with van der Waals surface area (Å²) in [6, 6.07) is 4.78. The molecule has 1 saturated carbocycles. The Morgan fingerprint density at radius 3 is 2.81 bits per heavy atom. The Kier molecular flexibility index (Phi) is 3.95. The van der Waals surface area contributed by atoms with Crippen molar-refractivity contribution in [3.63, 3.8) is 0 Å². The predicted octanol–water partition coefficient (Wildman–Crippen LogP) is 3.56. The molecule has 3 rings (SSSR count). The maximum Gasteiger partial charge on any atom is 0.139 e. The van der Waals surface area contributed by atoms with Gasteiger partial charge in [-0.2, -0.15) is 11.3 Å². The van der Waals surface area contributed by atoms with Gasteiger partial charge in [0.25, 0.3) is 0 Å². The van der Waals surface area contributed by atoms with Gasteiger partial charge in [0.05, 0.1) is 5.56 Å². The Balaban J connectivity index is 2.04. The SMILES string of the molecule is Cc1cc(C)c(C(N)=S)c(N(Cc2ccsc2)C2CC2)n1. The van der Waals surface area contributed by atoms with Crippen LogP contribution < -0.4 is 10.6 Å². The number of thiocarbonyl (C=S) groups is 1. The number of aryl methyl sites for hydroxylation is 2. The molecule has 5 heteroatoms. The lowest BCUT2D eigenvalue weighted by Gasteiger charge is -2.26. The molecule has 2 N–H and O–H groups in total. The standard InChI is InChI=1S/C16H19N3S2/c1-10-7-11(2)18-16(14(10)15(17)20)19(13-3-4-13)8-12-5-6-21-9-12/h5-7,9,13H,3-4,8H2,1-2H3,(H2,17,20). The van der Waals surface area contributed by atoms with Crippen LogP contribution in [0.4, 0.5) is 5.82 Å². The average molecular weight is 317 g/mol. The van der Waals surface area contributed by atoms with Crippen LogP contribution in [0.1, 0.15) is 35.2 Å². The lowest BCUT2D eigenvalue weighted by atomic mass is 10.1. The minimum absolute atomic E-state index is 0.436. The summed E-state index contributed by atoms with van der Waals surface area (Å²) in [7, 11) is 0. The van der Waals surface area contributed by atoms with E-state index in [0.29, 0.717) is 11.0 Å². The van der Waals surface area contributed by atoms with Crippen molar-refractivity contribution in [2.24, 2.45) is 5.73 Å². The number of anilines is 1. The highest BCUT2D eigenvalue weighted by molar-refractivity contribution is 7.80.